The summed E-state index contributed by atoms with van der Waals surface area (Å²) in [6.45, 7) is 4.72. The van der Waals surface area contributed by atoms with Crippen molar-refractivity contribution < 1.29 is 4.74 Å². The van der Waals surface area contributed by atoms with Crippen molar-refractivity contribution in [3.05, 3.63) is 12.1 Å². The molecule has 1 aliphatic rings. The summed E-state index contributed by atoms with van der Waals surface area (Å²) in [6, 6.07) is 4.22. The third kappa shape index (κ3) is 2.81. The van der Waals surface area contributed by atoms with Crippen molar-refractivity contribution in [3.8, 4) is 5.88 Å². The fourth-order valence-electron chi connectivity index (χ4n) is 2.07. The number of nitrogens with zero attached hydrogens (tertiary/aromatic N) is 1. The Morgan fingerprint density at radius 1 is 1.53 bits per heavy atom. The van der Waals surface area contributed by atoms with Crippen LogP contribution in [0.1, 0.15) is 33.1 Å². The standard InChI is InChI=1S/C13H21N3O/c1-3-17-13-11(14)7-8-12(16-13)15-9(2)10-5-4-6-10/h7-10H,3-6,14H2,1-2H3,(H,15,16). The zero-order valence-corrected chi connectivity index (χ0v) is 10.6. The average Bonchev–Trinajstić information content (AvgIpc) is 2.20. The van der Waals surface area contributed by atoms with Gasteiger partial charge in [0.15, 0.2) is 0 Å². The van der Waals surface area contributed by atoms with Gasteiger partial charge in [0.05, 0.1) is 12.3 Å². The van der Waals surface area contributed by atoms with Gasteiger partial charge in [-0.05, 0) is 44.7 Å². The second-order valence-corrected chi connectivity index (χ2v) is 4.65. The van der Waals surface area contributed by atoms with Gasteiger partial charge in [-0.1, -0.05) is 6.42 Å². The van der Waals surface area contributed by atoms with Crippen LogP contribution < -0.4 is 15.8 Å². The van der Waals surface area contributed by atoms with E-state index in [4.69, 9.17) is 10.5 Å². The van der Waals surface area contributed by atoms with Crippen molar-refractivity contribution in [2.24, 2.45) is 5.92 Å². The van der Waals surface area contributed by atoms with Crippen LogP contribution in [0.25, 0.3) is 0 Å². The molecule has 1 aromatic heterocycles. The van der Waals surface area contributed by atoms with Crippen molar-refractivity contribution in [2.75, 3.05) is 17.7 Å². The highest BCUT2D eigenvalue weighted by atomic mass is 16.5. The van der Waals surface area contributed by atoms with Crippen LogP contribution in [0.5, 0.6) is 5.88 Å². The zero-order chi connectivity index (χ0) is 12.3. The lowest BCUT2D eigenvalue weighted by atomic mass is 9.80. The summed E-state index contributed by atoms with van der Waals surface area (Å²) in [7, 11) is 0. The summed E-state index contributed by atoms with van der Waals surface area (Å²) < 4.78 is 5.38. The molecule has 1 aromatic rings. The molecule has 4 nitrogen and oxygen atoms in total. The Morgan fingerprint density at radius 3 is 2.88 bits per heavy atom. The molecule has 0 bridgehead atoms. The normalized spacial score (nSPS) is 17.3. The van der Waals surface area contributed by atoms with Gasteiger partial charge in [0, 0.05) is 6.04 Å². The summed E-state index contributed by atoms with van der Waals surface area (Å²) in [6.07, 6.45) is 4.00. The Morgan fingerprint density at radius 2 is 2.29 bits per heavy atom. The predicted molar refractivity (Wildman–Crippen MR) is 70.2 cm³/mol. The number of anilines is 2. The molecule has 17 heavy (non-hydrogen) atoms. The van der Waals surface area contributed by atoms with Crippen LogP contribution in [0.3, 0.4) is 0 Å². The molecule has 1 unspecified atom stereocenters. The molecular formula is C13H21N3O. The van der Waals surface area contributed by atoms with E-state index < -0.39 is 0 Å². The topological polar surface area (TPSA) is 60.2 Å². The lowest BCUT2D eigenvalue weighted by Gasteiger charge is -2.32. The van der Waals surface area contributed by atoms with Gasteiger partial charge in [-0.15, -0.1) is 0 Å². The number of nitrogens with one attached hydrogen (secondary N) is 1. The number of nitrogen functional groups attached to an aromatic ring is 1. The predicted octanol–water partition coefficient (Wildman–Crippen LogP) is 2.66. The third-order valence-electron chi connectivity index (χ3n) is 3.40. The molecule has 0 radical (unpaired) electrons. The Bertz CT molecular complexity index is 377. The number of ether oxygens (including phenoxy) is 1. The van der Waals surface area contributed by atoms with E-state index >= 15 is 0 Å². The minimum Gasteiger partial charge on any atom is -0.476 e. The fourth-order valence-corrected chi connectivity index (χ4v) is 2.07. The maximum Gasteiger partial charge on any atom is 0.239 e. The molecule has 0 amide bonds. The van der Waals surface area contributed by atoms with E-state index in [9.17, 15) is 0 Å². The van der Waals surface area contributed by atoms with E-state index in [2.05, 4.69) is 17.2 Å². The SMILES string of the molecule is CCOc1nc(NC(C)C2CCC2)ccc1N. The molecule has 1 saturated carbocycles. The number of hydrogen-bond acceptors (Lipinski definition) is 4. The Labute approximate surface area is 103 Å². The number of aromatic nitrogens is 1. The first kappa shape index (κ1) is 12.0. The van der Waals surface area contributed by atoms with Gasteiger partial charge in [-0.2, -0.15) is 4.98 Å². The number of pyridine rings is 1. The molecule has 3 N–H and O–H groups in total. The fraction of sp³-hybridized carbons (Fsp3) is 0.615. The van der Waals surface area contributed by atoms with E-state index in [1.165, 1.54) is 19.3 Å². The van der Waals surface area contributed by atoms with Crippen LogP contribution >= 0.6 is 0 Å². The van der Waals surface area contributed by atoms with Crippen LogP contribution in [0.2, 0.25) is 0 Å². The second-order valence-electron chi connectivity index (χ2n) is 4.65. The van der Waals surface area contributed by atoms with Gasteiger partial charge in [-0.3, -0.25) is 0 Å². The van der Waals surface area contributed by atoms with E-state index in [0.717, 1.165) is 11.7 Å². The van der Waals surface area contributed by atoms with Crippen LogP contribution in [-0.4, -0.2) is 17.6 Å². The molecule has 1 heterocycles. The highest BCUT2D eigenvalue weighted by Crippen LogP contribution is 2.31. The van der Waals surface area contributed by atoms with E-state index in [0.29, 0.717) is 24.2 Å². The van der Waals surface area contributed by atoms with Gasteiger partial charge < -0.3 is 15.8 Å². The first-order valence-electron chi connectivity index (χ1n) is 6.36. The Hall–Kier alpha value is -1.45. The molecule has 1 fully saturated rings. The number of rotatable bonds is 5. The smallest absolute Gasteiger partial charge is 0.239 e. The molecular weight excluding hydrogens is 214 g/mol. The molecule has 2 rings (SSSR count). The van der Waals surface area contributed by atoms with E-state index in [-0.39, 0.29) is 0 Å². The molecule has 1 aliphatic carbocycles. The van der Waals surface area contributed by atoms with Gasteiger partial charge in [0.2, 0.25) is 5.88 Å². The first-order valence-corrected chi connectivity index (χ1v) is 6.36. The molecule has 94 valence electrons. The Balaban J connectivity index is 2.02. The molecule has 0 spiro atoms. The lowest BCUT2D eigenvalue weighted by molar-refractivity contribution is 0.284. The van der Waals surface area contributed by atoms with Crippen molar-refractivity contribution in [3.63, 3.8) is 0 Å². The summed E-state index contributed by atoms with van der Waals surface area (Å²) in [5, 5.41) is 3.42. The Kier molecular flexibility index (Phi) is 3.71. The number of nitrogens with two attached hydrogens (primary N) is 1. The lowest BCUT2D eigenvalue weighted by Crippen LogP contribution is -2.31. The minimum atomic E-state index is 0.467. The van der Waals surface area contributed by atoms with Crippen LogP contribution in [0.15, 0.2) is 12.1 Å². The maximum atomic E-state index is 5.79. The highest BCUT2D eigenvalue weighted by molar-refractivity contribution is 5.53. The van der Waals surface area contributed by atoms with Gasteiger partial charge in [0.25, 0.3) is 0 Å². The average molecular weight is 235 g/mol. The summed E-state index contributed by atoms with van der Waals surface area (Å²) in [5.74, 6) is 2.16. The van der Waals surface area contributed by atoms with Crippen LogP contribution in [0, 0.1) is 5.92 Å². The van der Waals surface area contributed by atoms with Crippen LogP contribution in [0.4, 0.5) is 11.5 Å². The molecule has 1 atom stereocenters. The summed E-state index contributed by atoms with van der Waals surface area (Å²) in [4.78, 5) is 4.38. The van der Waals surface area contributed by atoms with Crippen molar-refractivity contribution in [1.82, 2.24) is 4.98 Å². The summed E-state index contributed by atoms with van der Waals surface area (Å²) >= 11 is 0. The van der Waals surface area contributed by atoms with Crippen molar-refractivity contribution in [2.45, 2.75) is 39.2 Å². The van der Waals surface area contributed by atoms with Gasteiger partial charge >= 0.3 is 0 Å². The van der Waals surface area contributed by atoms with Crippen LogP contribution in [-0.2, 0) is 0 Å². The van der Waals surface area contributed by atoms with Gasteiger partial charge in [0.1, 0.15) is 5.82 Å². The molecule has 0 aliphatic heterocycles. The third-order valence-corrected chi connectivity index (χ3v) is 3.40. The first-order chi connectivity index (χ1) is 8.20. The second kappa shape index (κ2) is 5.25. The van der Waals surface area contributed by atoms with E-state index in [1.807, 2.05) is 19.1 Å². The van der Waals surface area contributed by atoms with Crippen molar-refractivity contribution in [1.29, 1.82) is 0 Å². The zero-order valence-electron chi connectivity index (χ0n) is 10.6. The molecule has 4 heteroatoms. The molecule has 0 saturated heterocycles. The quantitative estimate of drug-likeness (QED) is 0.823. The monoisotopic (exact) mass is 235 g/mol. The highest BCUT2D eigenvalue weighted by Gasteiger charge is 2.24. The van der Waals surface area contributed by atoms with Crippen molar-refractivity contribution >= 4 is 11.5 Å². The van der Waals surface area contributed by atoms with Gasteiger partial charge in [-0.25, -0.2) is 0 Å². The number of hydrogen-bond donors (Lipinski definition) is 2. The summed E-state index contributed by atoms with van der Waals surface area (Å²) in [5.41, 5.74) is 6.38. The van der Waals surface area contributed by atoms with E-state index in [1.54, 1.807) is 0 Å². The maximum absolute atomic E-state index is 5.79. The molecule has 0 aromatic carbocycles. The largest absolute Gasteiger partial charge is 0.476 e. The minimum absolute atomic E-state index is 0.467.